The van der Waals surface area contributed by atoms with Gasteiger partial charge in [-0.2, -0.15) is 0 Å². The van der Waals surface area contributed by atoms with E-state index in [0.29, 0.717) is 32.0 Å². The lowest BCUT2D eigenvalue weighted by Crippen LogP contribution is -2.29. The van der Waals surface area contributed by atoms with Gasteiger partial charge in [0.1, 0.15) is 16.5 Å². The maximum Gasteiger partial charge on any atom is 0.148 e. The largest absolute Gasteiger partial charge is 0.493 e. The number of allylic oxidation sites excluding steroid dienone is 1. The highest BCUT2D eigenvalue weighted by molar-refractivity contribution is 8.22. The van der Waals surface area contributed by atoms with Crippen LogP contribution < -0.4 is 16.2 Å². The maximum atomic E-state index is 11.2. The summed E-state index contributed by atoms with van der Waals surface area (Å²) in [6.45, 7) is 10.8. The van der Waals surface area contributed by atoms with Crippen LogP contribution in [0.5, 0.6) is 5.75 Å². The lowest BCUT2D eigenvalue weighted by Gasteiger charge is -2.41. The van der Waals surface area contributed by atoms with Crippen LogP contribution in [-0.2, 0) is 25.7 Å². The minimum Gasteiger partial charge on any atom is -0.493 e. The van der Waals surface area contributed by atoms with Crippen LogP contribution in [0.2, 0.25) is 0 Å². The van der Waals surface area contributed by atoms with E-state index in [1.807, 2.05) is 12.1 Å². The summed E-state index contributed by atoms with van der Waals surface area (Å²) < 4.78 is 30.2. The summed E-state index contributed by atoms with van der Waals surface area (Å²) in [5, 5.41) is 0. The highest BCUT2D eigenvalue weighted by atomic mass is 32.3. The average molecular weight is 618 g/mol. The molecule has 1 saturated heterocycles. The summed E-state index contributed by atoms with van der Waals surface area (Å²) >= 11 is 0. The fraction of sp³-hybridized carbons (Fsp3) is 0.486. The van der Waals surface area contributed by atoms with Gasteiger partial charge in [-0.25, -0.2) is 9.29 Å². The van der Waals surface area contributed by atoms with Crippen molar-refractivity contribution in [3.63, 3.8) is 0 Å². The van der Waals surface area contributed by atoms with Gasteiger partial charge in [0.25, 0.3) is 0 Å². The molecule has 0 bridgehead atoms. The molecule has 0 amide bonds. The van der Waals surface area contributed by atoms with Crippen molar-refractivity contribution in [2.45, 2.75) is 83.6 Å². The summed E-state index contributed by atoms with van der Waals surface area (Å²) in [5.41, 5.74) is 22.1. The van der Waals surface area contributed by atoms with E-state index in [1.165, 1.54) is 28.0 Å². The second-order valence-electron chi connectivity index (χ2n) is 13.5. The number of hydrogen-bond acceptors (Lipinski definition) is 8. The first kappa shape index (κ1) is 31.0. The van der Waals surface area contributed by atoms with Crippen molar-refractivity contribution in [1.82, 2.24) is 14.3 Å². The zero-order chi connectivity index (χ0) is 31.2. The Hall–Kier alpha value is -2.95. The van der Waals surface area contributed by atoms with E-state index < -0.39 is 10.8 Å². The quantitative estimate of drug-likeness (QED) is 0.225. The smallest absolute Gasteiger partial charge is 0.148 e. The fourth-order valence-corrected chi connectivity index (χ4v) is 8.53. The van der Waals surface area contributed by atoms with E-state index >= 15 is 0 Å². The second kappa shape index (κ2) is 12.1. The van der Waals surface area contributed by atoms with Crippen LogP contribution in [0, 0.1) is 11.3 Å². The lowest BCUT2D eigenvalue weighted by molar-refractivity contribution is 0.290. The van der Waals surface area contributed by atoms with Crippen LogP contribution in [0.4, 0.5) is 5.82 Å². The van der Waals surface area contributed by atoms with Crippen molar-refractivity contribution in [2.75, 3.05) is 25.4 Å². The maximum absolute atomic E-state index is 11.2. The monoisotopic (exact) mass is 617 g/mol. The molecule has 0 saturated carbocycles. The lowest BCUT2D eigenvalue weighted by atomic mass is 9.72. The van der Waals surface area contributed by atoms with Crippen LogP contribution in [-0.4, -0.2) is 49.1 Å². The van der Waals surface area contributed by atoms with Gasteiger partial charge in [-0.15, -0.1) is 10.8 Å². The fourth-order valence-electron chi connectivity index (χ4n) is 6.87. The predicted octanol–water partition coefficient (Wildman–Crippen LogP) is 6.91. The number of pyridine rings is 2. The third-order valence-electron chi connectivity index (χ3n) is 10.0. The van der Waals surface area contributed by atoms with Crippen molar-refractivity contribution >= 4 is 22.7 Å². The van der Waals surface area contributed by atoms with Crippen LogP contribution in [0.25, 0.3) is 17.2 Å². The molecule has 2 aliphatic heterocycles. The number of anilines is 1. The SMILES string of the molecule is CCc1cnc(CCC2CCOc3ccc(-c4cnc(N)c(S(O)(O)N5CCC(N)C5)c4)cc3C2)c2c1C=C(C)C(C)(C)C2. The minimum atomic E-state index is -3.29. The van der Waals surface area contributed by atoms with Gasteiger partial charge in [0, 0.05) is 42.8 Å². The molecule has 6 N–H and O–H groups in total. The average Bonchev–Trinajstić information content (AvgIpc) is 3.33. The van der Waals surface area contributed by atoms with Gasteiger partial charge in [-0.05, 0) is 109 Å². The second-order valence-corrected chi connectivity index (χ2v) is 15.5. The molecule has 9 heteroatoms. The number of nitrogen functional groups attached to an aromatic ring is 1. The van der Waals surface area contributed by atoms with Gasteiger partial charge in [-0.3, -0.25) is 14.1 Å². The van der Waals surface area contributed by atoms with E-state index in [2.05, 4.69) is 51.0 Å². The highest BCUT2D eigenvalue weighted by Gasteiger charge is 2.34. The first-order valence-corrected chi connectivity index (χ1v) is 17.5. The number of fused-ring (bicyclic) bond motifs is 2. The van der Waals surface area contributed by atoms with E-state index in [1.54, 1.807) is 16.6 Å². The standard InChI is InChI=1S/C35H47N5O3S/c1-5-24-19-38-31(30-18-35(3,4)22(2)14-29(24)30)8-6-23-11-13-43-32-9-7-25(16-26(32)15-23)27-17-33(34(37)39-20-27)44(41,42)40-12-10-28(36)21-40/h7,9,14,16-17,19-20,23,28,41-42H,5-6,8,10-13,15,18,21,36H2,1-4H3,(H2,37,39). The van der Waals surface area contributed by atoms with Crippen LogP contribution in [0.1, 0.15) is 74.9 Å². The molecule has 3 aromatic rings. The number of hydrogen-bond donors (Lipinski definition) is 4. The van der Waals surface area contributed by atoms with E-state index in [-0.39, 0.29) is 22.2 Å². The molecule has 2 unspecified atom stereocenters. The molecule has 8 nitrogen and oxygen atoms in total. The Morgan fingerprint density at radius 3 is 2.68 bits per heavy atom. The first-order valence-electron chi connectivity index (χ1n) is 15.9. The Labute approximate surface area is 263 Å². The van der Waals surface area contributed by atoms with Crippen molar-refractivity contribution in [1.29, 1.82) is 0 Å². The molecule has 2 aromatic heterocycles. The molecule has 0 spiro atoms. The molecule has 44 heavy (non-hydrogen) atoms. The molecule has 1 aromatic carbocycles. The Morgan fingerprint density at radius 2 is 1.93 bits per heavy atom. The number of aromatic nitrogens is 2. The molecule has 4 heterocycles. The number of rotatable bonds is 7. The number of aryl methyl sites for hydroxylation is 2. The van der Waals surface area contributed by atoms with Crippen molar-refractivity contribution in [3.05, 3.63) is 70.2 Å². The van der Waals surface area contributed by atoms with Crippen LogP contribution in [0.3, 0.4) is 0 Å². The number of benzene rings is 1. The molecule has 1 aliphatic carbocycles. The van der Waals surface area contributed by atoms with Crippen molar-refractivity contribution < 1.29 is 13.8 Å². The van der Waals surface area contributed by atoms with Gasteiger partial charge in [-0.1, -0.05) is 38.5 Å². The van der Waals surface area contributed by atoms with Gasteiger partial charge < -0.3 is 16.2 Å². The number of ether oxygens (including phenoxy) is 1. The van der Waals surface area contributed by atoms with Gasteiger partial charge >= 0.3 is 0 Å². The zero-order valence-electron chi connectivity index (χ0n) is 26.5. The summed E-state index contributed by atoms with van der Waals surface area (Å²) in [5.74, 6) is 1.51. The highest BCUT2D eigenvalue weighted by Crippen LogP contribution is 2.55. The van der Waals surface area contributed by atoms with E-state index in [0.717, 1.165) is 61.0 Å². The molecular formula is C35H47N5O3S. The van der Waals surface area contributed by atoms with Crippen LogP contribution in [0.15, 0.2) is 47.1 Å². The molecular weight excluding hydrogens is 570 g/mol. The Kier molecular flexibility index (Phi) is 8.54. The zero-order valence-corrected chi connectivity index (χ0v) is 27.3. The number of nitrogens with zero attached hydrogens (tertiary/aromatic N) is 3. The minimum absolute atomic E-state index is 0.0825. The van der Waals surface area contributed by atoms with Gasteiger partial charge in [0.2, 0.25) is 0 Å². The molecule has 236 valence electrons. The molecule has 3 aliphatic rings. The Bertz CT molecular complexity index is 1590. The molecule has 0 radical (unpaired) electrons. The van der Waals surface area contributed by atoms with Gasteiger partial charge in [0.15, 0.2) is 0 Å². The summed E-state index contributed by atoms with van der Waals surface area (Å²) in [7, 11) is -3.29. The van der Waals surface area contributed by atoms with Crippen molar-refractivity contribution in [3.8, 4) is 16.9 Å². The Morgan fingerprint density at radius 1 is 1.11 bits per heavy atom. The third kappa shape index (κ3) is 6.00. The Balaban J connectivity index is 1.22. The third-order valence-corrected chi connectivity index (χ3v) is 12.0. The summed E-state index contributed by atoms with van der Waals surface area (Å²) in [6, 6.07) is 7.88. The topological polar surface area (TPSA) is 131 Å². The van der Waals surface area contributed by atoms with E-state index in [9.17, 15) is 9.11 Å². The first-order chi connectivity index (χ1) is 21.0. The normalized spacial score (nSPS) is 22.0. The molecule has 6 rings (SSSR count). The molecule has 2 atom stereocenters. The number of nitrogens with two attached hydrogens (primary N) is 2. The van der Waals surface area contributed by atoms with Gasteiger partial charge in [0.05, 0.1) is 6.61 Å². The predicted molar refractivity (Wildman–Crippen MR) is 180 cm³/mol. The molecule has 1 fully saturated rings. The summed E-state index contributed by atoms with van der Waals surface area (Å²) in [4.78, 5) is 9.62. The van der Waals surface area contributed by atoms with Crippen LogP contribution >= 0.6 is 10.8 Å². The summed E-state index contributed by atoms with van der Waals surface area (Å²) in [6.07, 6.45) is 12.9. The van der Waals surface area contributed by atoms with E-state index in [4.69, 9.17) is 21.2 Å². The van der Waals surface area contributed by atoms with Crippen molar-refractivity contribution in [2.24, 2.45) is 17.1 Å².